The minimum absolute atomic E-state index is 0. The van der Waals surface area contributed by atoms with Gasteiger partial charge in [0.25, 0.3) is 10.1 Å². The van der Waals surface area contributed by atoms with Crippen LogP contribution in [0, 0.1) is 27.7 Å². The van der Waals surface area contributed by atoms with Gasteiger partial charge < -0.3 is 30.6 Å². The average Bonchev–Trinajstić information content (AvgIpc) is 3.23. The van der Waals surface area contributed by atoms with E-state index in [1.165, 1.54) is 44.2 Å². The van der Waals surface area contributed by atoms with Crippen molar-refractivity contribution < 1.29 is 62.4 Å². The summed E-state index contributed by atoms with van der Waals surface area (Å²) in [6, 6.07) is 8.99. The molecule has 0 amide bonds. The predicted molar refractivity (Wildman–Crippen MR) is 177 cm³/mol. The summed E-state index contributed by atoms with van der Waals surface area (Å²) in [6.07, 6.45) is 0. The Balaban J connectivity index is 0.00000676. The van der Waals surface area contributed by atoms with E-state index in [-0.39, 0.29) is 109 Å². The Hall–Kier alpha value is -4.03. The van der Waals surface area contributed by atoms with E-state index in [0.29, 0.717) is 0 Å². The molecule has 0 saturated heterocycles. The van der Waals surface area contributed by atoms with Crippen LogP contribution in [0.4, 0.5) is 0 Å². The third-order valence-electron chi connectivity index (χ3n) is 8.48. The van der Waals surface area contributed by atoms with Gasteiger partial charge in [-0.25, -0.2) is 4.18 Å². The van der Waals surface area contributed by atoms with Gasteiger partial charge in [0, 0.05) is 59.3 Å². The molecule has 1 aliphatic heterocycles. The van der Waals surface area contributed by atoms with E-state index in [2.05, 4.69) is 0 Å². The summed E-state index contributed by atoms with van der Waals surface area (Å²) in [5.74, 6) is -5.81. The molecule has 1 radical (unpaired) electrons. The Bertz CT molecular complexity index is 1850. The normalized spacial score (nSPS) is 14.3. The zero-order chi connectivity index (χ0) is 36.6. The molecule has 0 aromatic heterocycles. The largest absolute Gasteiger partial charge is 0.507 e. The number of nitrogens with zero attached hydrogens (tertiary/aromatic N) is 2. The number of hydrogen-bond donors (Lipinski definition) is 6. The molecule has 0 unspecified atom stereocenters. The van der Waals surface area contributed by atoms with Gasteiger partial charge in [-0.3, -0.25) is 29.0 Å². The Morgan fingerprint density at radius 1 is 0.660 bits per heavy atom. The van der Waals surface area contributed by atoms with E-state index >= 15 is 0 Å². The molecule has 0 saturated carbocycles. The summed E-state index contributed by atoms with van der Waals surface area (Å²) >= 11 is 0. The number of benzene rings is 3. The van der Waals surface area contributed by atoms with Gasteiger partial charge in [0.15, 0.2) is 5.60 Å². The molecule has 15 nitrogen and oxygen atoms in total. The van der Waals surface area contributed by atoms with Crippen LogP contribution < -0.4 is 0 Å². The number of rotatable bonds is 14. The summed E-state index contributed by atoms with van der Waals surface area (Å²) < 4.78 is 33.6. The van der Waals surface area contributed by atoms with Crippen LogP contribution in [0.15, 0.2) is 41.3 Å². The summed E-state index contributed by atoms with van der Waals surface area (Å²) in [5.41, 5.74) is -0.251. The van der Waals surface area contributed by atoms with Crippen molar-refractivity contribution in [1.82, 2.24) is 9.80 Å². The Kier molecular flexibility index (Phi) is 12.5. The van der Waals surface area contributed by atoms with Crippen LogP contribution in [-0.2, 0) is 52.2 Å². The number of aryl methyl sites for hydroxylation is 2. The molecule has 263 valence electrons. The number of carbonyl (C=O) groups is 4. The molecule has 3 aromatic carbocycles. The average molecular weight is 724 g/mol. The van der Waals surface area contributed by atoms with Crippen molar-refractivity contribution in [1.29, 1.82) is 0 Å². The molecule has 0 bridgehead atoms. The predicted octanol–water partition coefficient (Wildman–Crippen LogP) is 1.90. The fourth-order valence-corrected chi connectivity index (χ4v) is 7.78. The van der Waals surface area contributed by atoms with Gasteiger partial charge in [-0.2, -0.15) is 8.42 Å². The standard InChI is InChI=1S/C33H36N2O13S.Na/c1-17-9-24(19(3)21(31(17)44)11-34(13-27(36)37)14-28(38)39)33(23-7-5-6-8-26(23)49(46,47)48-33)25-10-18(2)32(45)22(20(25)4)12-35(15-29(40)41)16-30(42)43;/h5-10,44-45H,11-16H2,1-4H3,(H,36,37)(H,38,39)(H,40,41)(H,42,43);. The van der Waals surface area contributed by atoms with Gasteiger partial charge in [-0.1, -0.05) is 18.2 Å². The van der Waals surface area contributed by atoms with Crippen molar-refractivity contribution in [3.05, 3.63) is 86.5 Å². The maximum Gasteiger partial charge on any atom is 0.317 e. The fraction of sp³-hybridized carbons (Fsp3) is 0.333. The molecule has 0 atom stereocenters. The van der Waals surface area contributed by atoms with Crippen LogP contribution in [0.2, 0.25) is 0 Å². The van der Waals surface area contributed by atoms with E-state index in [4.69, 9.17) is 4.18 Å². The van der Waals surface area contributed by atoms with Gasteiger partial charge in [-0.05, 0) is 79.3 Å². The smallest absolute Gasteiger partial charge is 0.317 e. The fourth-order valence-electron chi connectivity index (χ4n) is 6.36. The van der Waals surface area contributed by atoms with E-state index in [9.17, 15) is 58.2 Å². The maximum absolute atomic E-state index is 13.8. The van der Waals surface area contributed by atoms with Crippen LogP contribution in [-0.4, -0.2) is 128 Å². The second kappa shape index (κ2) is 15.5. The first kappa shape index (κ1) is 40.4. The Morgan fingerprint density at radius 3 is 1.38 bits per heavy atom. The van der Waals surface area contributed by atoms with Crippen LogP contribution >= 0.6 is 0 Å². The Morgan fingerprint density at radius 2 is 1.02 bits per heavy atom. The van der Waals surface area contributed by atoms with Gasteiger partial charge in [0.05, 0.1) is 26.2 Å². The van der Waals surface area contributed by atoms with E-state index in [1.807, 2.05) is 0 Å². The zero-order valence-electron chi connectivity index (χ0n) is 28.1. The van der Waals surface area contributed by atoms with E-state index in [1.54, 1.807) is 19.9 Å². The number of aliphatic carboxylic acids is 4. The van der Waals surface area contributed by atoms with Gasteiger partial charge in [0.1, 0.15) is 16.4 Å². The second-order valence-corrected chi connectivity index (χ2v) is 13.5. The minimum atomic E-state index is -4.48. The van der Waals surface area contributed by atoms with Crippen LogP contribution in [0.1, 0.15) is 50.1 Å². The van der Waals surface area contributed by atoms with Crippen LogP contribution in [0.5, 0.6) is 11.5 Å². The molecule has 0 spiro atoms. The molecule has 0 aliphatic carbocycles. The molecule has 1 aliphatic rings. The van der Waals surface area contributed by atoms with Crippen molar-refractivity contribution in [2.45, 2.75) is 51.3 Å². The molecule has 6 N–H and O–H groups in total. The molecule has 50 heavy (non-hydrogen) atoms. The molecule has 1 heterocycles. The van der Waals surface area contributed by atoms with Gasteiger partial charge >= 0.3 is 23.9 Å². The quantitative estimate of drug-likeness (QED) is 0.103. The topological polar surface area (TPSA) is 240 Å². The molecular formula is C33H36N2NaO13S. The number of hydrogen-bond acceptors (Lipinski definition) is 11. The Labute approximate surface area is 309 Å². The van der Waals surface area contributed by atoms with Crippen LogP contribution in [0.25, 0.3) is 0 Å². The minimum Gasteiger partial charge on any atom is -0.507 e. The van der Waals surface area contributed by atoms with Crippen molar-refractivity contribution in [2.24, 2.45) is 0 Å². The number of carboxylic acid groups (broad SMARTS) is 4. The zero-order valence-corrected chi connectivity index (χ0v) is 30.9. The van der Waals surface area contributed by atoms with E-state index in [0.717, 1.165) is 9.80 Å². The van der Waals surface area contributed by atoms with Gasteiger partial charge in [-0.15, -0.1) is 0 Å². The van der Waals surface area contributed by atoms with Crippen LogP contribution in [0.3, 0.4) is 0 Å². The first-order valence-corrected chi connectivity index (χ1v) is 16.2. The van der Waals surface area contributed by atoms with Crippen molar-refractivity contribution in [3.63, 3.8) is 0 Å². The molecule has 4 rings (SSSR count). The first-order chi connectivity index (χ1) is 22.8. The molecule has 3 aromatic rings. The molecular weight excluding hydrogens is 687 g/mol. The number of fused-ring (bicyclic) bond motifs is 1. The monoisotopic (exact) mass is 723 g/mol. The summed E-state index contributed by atoms with van der Waals surface area (Å²) in [6.45, 7) is 2.71. The van der Waals surface area contributed by atoms with E-state index < -0.39 is 65.8 Å². The number of phenols is 2. The summed E-state index contributed by atoms with van der Waals surface area (Å²) in [5, 5.41) is 60.2. The first-order valence-electron chi connectivity index (χ1n) is 14.8. The van der Waals surface area contributed by atoms with Crippen molar-refractivity contribution in [2.75, 3.05) is 26.2 Å². The van der Waals surface area contributed by atoms with Crippen molar-refractivity contribution >= 4 is 63.6 Å². The number of carboxylic acids is 4. The van der Waals surface area contributed by atoms with Gasteiger partial charge in [0.2, 0.25) is 0 Å². The number of aromatic hydroxyl groups is 2. The second-order valence-electron chi connectivity index (χ2n) is 12.0. The SMILES string of the molecule is Cc1cc(C2(c3cc(C)c(O)c(CN(CC(=O)O)CC(=O)O)c3C)OS(=O)(=O)c3ccccc32)c(C)c(CN(CC(=O)O)CC(=O)O)c1O.[Na]. The third-order valence-corrected chi connectivity index (χ3v) is 9.85. The summed E-state index contributed by atoms with van der Waals surface area (Å²) in [7, 11) is -4.48. The molecule has 0 fully saturated rings. The maximum atomic E-state index is 13.8. The third kappa shape index (κ3) is 7.96. The van der Waals surface area contributed by atoms with Crippen molar-refractivity contribution in [3.8, 4) is 11.5 Å². The summed E-state index contributed by atoms with van der Waals surface area (Å²) in [4.78, 5) is 48.3. The molecule has 17 heteroatoms. The number of phenolic OH excluding ortho intramolecular Hbond substituents is 2.